The van der Waals surface area contributed by atoms with Crippen LogP contribution in [0.1, 0.15) is 64.8 Å². The zero-order valence-electron chi connectivity index (χ0n) is 16.4. The molecule has 0 spiro atoms. The second-order valence-electron chi connectivity index (χ2n) is 8.34. The van der Waals surface area contributed by atoms with E-state index < -0.39 is 12.0 Å². The van der Waals surface area contributed by atoms with Crippen LogP contribution in [-0.4, -0.2) is 35.5 Å². The van der Waals surface area contributed by atoms with E-state index in [1.54, 1.807) is 6.07 Å². The zero-order chi connectivity index (χ0) is 19.5. The molecule has 2 aromatic rings. The number of fused-ring (bicyclic) bond motifs is 1. The lowest BCUT2D eigenvalue weighted by molar-refractivity contribution is 0.0771. The van der Waals surface area contributed by atoms with Crippen molar-refractivity contribution >= 4 is 5.91 Å². The smallest absolute Gasteiger partial charge is 0.248 e. The zero-order valence-corrected chi connectivity index (χ0v) is 16.4. The van der Waals surface area contributed by atoms with Crippen molar-refractivity contribution in [2.24, 2.45) is 11.7 Å². The van der Waals surface area contributed by atoms with E-state index >= 15 is 0 Å². The number of aryl methyl sites for hydroxylation is 1. The average molecular weight is 379 g/mol. The highest BCUT2D eigenvalue weighted by atomic mass is 16.3. The molecular formula is C24H30N2O2. The van der Waals surface area contributed by atoms with Crippen LogP contribution in [-0.2, 0) is 6.42 Å². The molecule has 1 aliphatic carbocycles. The predicted octanol–water partition coefficient (Wildman–Crippen LogP) is 3.65. The number of carbonyl (C=O) groups is 1. The van der Waals surface area contributed by atoms with E-state index in [2.05, 4.69) is 35.2 Å². The number of nitrogens with zero attached hydrogens (tertiary/aromatic N) is 1. The first-order valence-electron chi connectivity index (χ1n) is 10.5. The Kier molecular flexibility index (Phi) is 5.79. The Morgan fingerprint density at radius 3 is 2.54 bits per heavy atom. The summed E-state index contributed by atoms with van der Waals surface area (Å²) in [5.41, 5.74) is 9.43. The molecule has 1 amide bonds. The summed E-state index contributed by atoms with van der Waals surface area (Å²) < 4.78 is 0. The lowest BCUT2D eigenvalue weighted by Crippen LogP contribution is -2.35. The lowest BCUT2D eigenvalue weighted by atomic mass is 9.79. The third-order valence-electron chi connectivity index (χ3n) is 6.65. The first-order chi connectivity index (χ1) is 13.6. The Bertz CT molecular complexity index is 813. The number of aliphatic hydroxyl groups is 1. The Morgan fingerprint density at radius 1 is 1.07 bits per heavy atom. The van der Waals surface area contributed by atoms with Crippen LogP contribution < -0.4 is 5.73 Å². The summed E-state index contributed by atoms with van der Waals surface area (Å²) in [6.07, 6.45) is 4.90. The van der Waals surface area contributed by atoms with Crippen LogP contribution in [0.3, 0.4) is 0 Å². The van der Waals surface area contributed by atoms with Gasteiger partial charge in [0.15, 0.2) is 0 Å². The molecule has 148 valence electrons. The van der Waals surface area contributed by atoms with Crippen LogP contribution in [0, 0.1) is 5.92 Å². The van der Waals surface area contributed by atoms with Crippen LogP contribution in [0.2, 0.25) is 0 Å². The molecule has 1 saturated heterocycles. The number of hydrogen-bond donors (Lipinski definition) is 2. The number of amides is 1. The van der Waals surface area contributed by atoms with Crippen molar-refractivity contribution < 1.29 is 9.90 Å². The van der Waals surface area contributed by atoms with Gasteiger partial charge in [-0.15, -0.1) is 0 Å². The van der Waals surface area contributed by atoms with Crippen molar-refractivity contribution in [1.82, 2.24) is 4.90 Å². The molecule has 1 heterocycles. The Morgan fingerprint density at radius 2 is 1.82 bits per heavy atom. The number of piperidine rings is 1. The third kappa shape index (κ3) is 4.13. The average Bonchev–Trinajstić information content (AvgIpc) is 2.74. The van der Waals surface area contributed by atoms with E-state index in [0.717, 1.165) is 50.0 Å². The number of benzene rings is 2. The molecular weight excluding hydrogens is 348 g/mol. The molecule has 2 atom stereocenters. The minimum absolute atomic E-state index is 0.291. The van der Waals surface area contributed by atoms with E-state index in [0.29, 0.717) is 17.4 Å². The van der Waals surface area contributed by atoms with Gasteiger partial charge in [-0.05, 0) is 92.4 Å². The molecule has 1 fully saturated rings. The molecule has 2 aromatic carbocycles. The van der Waals surface area contributed by atoms with Gasteiger partial charge in [-0.1, -0.05) is 36.4 Å². The molecule has 3 N–H and O–H groups in total. The fourth-order valence-corrected chi connectivity index (χ4v) is 4.88. The molecule has 2 unspecified atom stereocenters. The first-order valence-corrected chi connectivity index (χ1v) is 10.5. The van der Waals surface area contributed by atoms with E-state index in [4.69, 9.17) is 5.73 Å². The van der Waals surface area contributed by atoms with Crippen molar-refractivity contribution in [3.05, 3.63) is 70.8 Å². The summed E-state index contributed by atoms with van der Waals surface area (Å²) in [7, 11) is 0. The second kappa shape index (κ2) is 8.46. The number of hydrogen-bond acceptors (Lipinski definition) is 3. The summed E-state index contributed by atoms with van der Waals surface area (Å²) in [5.74, 6) is 0.571. The van der Waals surface area contributed by atoms with Gasteiger partial charge >= 0.3 is 0 Å². The third-order valence-corrected chi connectivity index (χ3v) is 6.65. The molecule has 2 aliphatic rings. The van der Waals surface area contributed by atoms with Crippen LogP contribution in [0.5, 0.6) is 0 Å². The Labute approximate surface area is 167 Å². The molecule has 4 heteroatoms. The fraction of sp³-hybridized carbons (Fsp3) is 0.458. The van der Waals surface area contributed by atoms with Gasteiger partial charge in [-0.2, -0.15) is 0 Å². The molecule has 0 saturated carbocycles. The highest BCUT2D eigenvalue weighted by Crippen LogP contribution is 2.37. The van der Waals surface area contributed by atoms with Crippen molar-refractivity contribution in [3.63, 3.8) is 0 Å². The number of aliphatic hydroxyl groups excluding tert-OH is 1. The van der Waals surface area contributed by atoms with E-state index in [1.807, 2.05) is 12.1 Å². The number of nitrogens with two attached hydrogens (primary N) is 1. The minimum Gasteiger partial charge on any atom is -0.388 e. The van der Waals surface area contributed by atoms with Gasteiger partial charge in [-0.25, -0.2) is 0 Å². The summed E-state index contributed by atoms with van der Waals surface area (Å²) in [6, 6.07) is 16.3. The fourth-order valence-electron chi connectivity index (χ4n) is 4.88. The molecule has 0 aromatic heterocycles. The van der Waals surface area contributed by atoms with Gasteiger partial charge in [0.25, 0.3) is 0 Å². The quantitative estimate of drug-likeness (QED) is 0.835. The van der Waals surface area contributed by atoms with Gasteiger partial charge in [0.1, 0.15) is 0 Å². The van der Waals surface area contributed by atoms with Gasteiger partial charge in [0, 0.05) is 5.56 Å². The lowest BCUT2D eigenvalue weighted by Gasteiger charge is -2.35. The highest BCUT2D eigenvalue weighted by molar-refractivity contribution is 5.93. The van der Waals surface area contributed by atoms with E-state index in [1.165, 1.54) is 18.4 Å². The maximum Gasteiger partial charge on any atom is 0.248 e. The van der Waals surface area contributed by atoms with E-state index in [9.17, 15) is 9.90 Å². The Balaban J connectivity index is 1.30. The normalized spacial score (nSPS) is 23.3. The first kappa shape index (κ1) is 19.2. The summed E-state index contributed by atoms with van der Waals surface area (Å²) >= 11 is 0. The number of primary amides is 1. The molecule has 28 heavy (non-hydrogen) atoms. The summed E-state index contributed by atoms with van der Waals surface area (Å²) in [6.45, 7) is 3.33. The van der Waals surface area contributed by atoms with Crippen molar-refractivity contribution in [1.29, 1.82) is 0 Å². The van der Waals surface area contributed by atoms with Gasteiger partial charge in [0.05, 0.1) is 6.10 Å². The summed E-state index contributed by atoms with van der Waals surface area (Å²) in [5, 5.41) is 10.8. The summed E-state index contributed by atoms with van der Waals surface area (Å²) in [4.78, 5) is 13.9. The van der Waals surface area contributed by atoms with Gasteiger partial charge in [-0.3, -0.25) is 4.79 Å². The Hall–Kier alpha value is -2.17. The van der Waals surface area contributed by atoms with Crippen molar-refractivity contribution in [3.8, 4) is 0 Å². The SMILES string of the molecule is NC(=O)c1ccc2c(c1)CCC(CCN1CCC(c3ccccc3)CC1)C2O. The standard InChI is InChI=1S/C24H30N2O2/c25-24(28)21-8-9-22-20(16-21)7-6-19(23(22)27)12-15-26-13-10-18(11-14-26)17-4-2-1-3-5-17/h1-5,8-9,16,18-19,23,27H,6-7,10-15H2,(H2,25,28). The molecule has 0 bridgehead atoms. The highest BCUT2D eigenvalue weighted by Gasteiger charge is 2.29. The largest absolute Gasteiger partial charge is 0.388 e. The molecule has 0 radical (unpaired) electrons. The van der Waals surface area contributed by atoms with Gasteiger partial charge < -0.3 is 15.7 Å². The number of rotatable bonds is 5. The van der Waals surface area contributed by atoms with Crippen LogP contribution in [0.15, 0.2) is 48.5 Å². The maximum atomic E-state index is 11.4. The molecule has 4 nitrogen and oxygen atoms in total. The predicted molar refractivity (Wildman–Crippen MR) is 111 cm³/mol. The van der Waals surface area contributed by atoms with Gasteiger partial charge in [0.2, 0.25) is 5.91 Å². The van der Waals surface area contributed by atoms with Crippen LogP contribution in [0.4, 0.5) is 0 Å². The van der Waals surface area contributed by atoms with Crippen LogP contribution >= 0.6 is 0 Å². The minimum atomic E-state index is -0.437. The van der Waals surface area contributed by atoms with E-state index in [-0.39, 0.29) is 0 Å². The topological polar surface area (TPSA) is 66.6 Å². The molecule has 1 aliphatic heterocycles. The van der Waals surface area contributed by atoms with Crippen molar-refractivity contribution in [2.75, 3.05) is 19.6 Å². The maximum absolute atomic E-state index is 11.4. The number of likely N-dealkylation sites (tertiary alicyclic amines) is 1. The van der Waals surface area contributed by atoms with Crippen LogP contribution in [0.25, 0.3) is 0 Å². The number of carbonyl (C=O) groups excluding carboxylic acids is 1. The second-order valence-corrected chi connectivity index (χ2v) is 8.34. The monoisotopic (exact) mass is 378 g/mol. The van der Waals surface area contributed by atoms with Crippen molar-refractivity contribution in [2.45, 2.75) is 44.1 Å². The molecule has 4 rings (SSSR count).